The predicted molar refractivity (Wildman–Crippen MR) is 361 cm³/mol. The van der Waals surface area contributed by atoms with Crippen molar-refractivity contribution < 1.29 is 47.0 Å². The predicted octanol–water partition coefficient (Wildman–Crippen LogP) is 18.8. The van der Waals surface area contributed by atoms with Crippen LogP contribution >= 0.6 is 14.3 Å². The van der Waals surface area contributed by atoms with Gasteiger partial charge in [-0.3, -0.25) is 0 Å². The van der Waals surface area contributed by atoms with Gasteiger partial charge in [0, 0.05) is 125 Å². The Hall–Kier alpha value is -7.38. The van der Waals surface area contributed by atoms with Crippen LogP contribution < -0.4 is 59.1 Å². The third-order valence-electron chi connectivity index (χ3n) is 19.6. The van der Waals surface area contributed by atoms with Gasteiger partial charge in [-0.1, -0.05) is 226 Å². The van der Waals surface area contributed by atoms with Crippen molar-refractivity contribution in [2.75, 3.05) is 27.2 Å². The Balaban J connectivity index is 1.19. The molecule has 8 bridgehead atoms. The van der Waals surface area contributed by atoms with Crippen molar-refractivity contribution in [3.63, 3.8) is 0 Å². The molecule has 13 rings (SSSR count). The molecule has 0 amide bonds. The summed E-state index contributed by atoms with van der Waals surface area (Å²) in [5.41, 5.74) is 9.82. The van der Waals surface area contributed by atoms with Gasteiger partial charge in [0.25, 0.3) is 0 Å². The minimum Gasteiger partial charge on any atom is -0.457 e. The maximum absolute atomic E-state index is 17.0. The minimum absolute atomic E-state index is 0.0199. The zero-order valence-corrected chi connectivity index (χ0v) is 54.6. The molecule has 1 aliphatic carbocycles. The first kappa shape index (κ1) is 61.5. The van der Waals surface area contributed by atoms with Gasteiger partial charge in [-0.2, -0.15) is 0 Å². The molecule has 4 aliphatic heterocycles. The SMILES string of the molecule is CCCCCC1c2cc3c4cc2OCOc2cc5c(cc21)C(CCCCC)c1cc2c(c(CP(=O)(c6ccccc6)c6ccccc6)c1OCO5)OCOc1c(cc(c(c1CP(=O)(c1ccccc1)c1ccccc1)OCO4)C3CCCCC)C2CCCCC. The van der Waals surface area contributed by atoms with E-state index in [-0.39, 0.29) is 63.2 Å². The lowest BCUT2D eigenvalue weighted by Crippen LogP contribution is -2.25. The summed E-state index contributed by atoms with van der Waals surface area (Å²) in [6, 6.07) is 53.7. The molecule has 90 heavy (non-hydrogen) atoms. The quantitative estimate of drug-likeness (QED) is 0.0429. The highest BCUT2D eigenvalue weighted by Crippen LogP contribution is 2.61. The largest absolute Gasteiger partial charge is 0.457 e. The van der Waals surface area contributed by atoms with E-state index in [2.05, 4.69) is 64.1 Å². The van der Waals surface area contributed by atoms with E-state index in [1.165, 1.54) is 0 Å². The van der Waals surface area contributed by atoms with Gasteiger partial charge in [0.05, 0.1) is 0 Å². The van der Waals surface area contributed by atoms with Gasteiger partial charge in [-0.25, -0.2) is 0 Å². The Morgan fingerprint density at radius 1 is 0.300 bits per heavy atom. The van der Waals surface area contributed by atoms with Crippen molar-refractivity contribution in [3.8, 4) is 46.0 Å². The number of hydrogen-bond donors (Lipinski definition) is 0. The molecule has 8 aromatic carbocycles. The van der Waals surface area contributed by atoms with Crippen LogP contribution in [0.25, 0.3) is 0 Å². The minimum atomic E-state index is -3.55. The molecule has 10 nitrogen and oxygen atoms in total. The molecular weight excluding hydrogens is 1160 g/mol. The van der Waals surface area contributed by atoms with E-state index >= 15 is 9.13 Å². The van der Waals surface area contributed by atoms with Crippen molar-refractivity contribution in [1.29, 1.82) is 0 Å². The molecule has 0 aromatic heterocycles. The molecule has 0 radical (unpaired) electrons. The molecular formula is C78H86O10P2. The zero-order chi connectivity index (χ0) is 61.6. The van der Waals surface area contributed by atoms with Crippen LogP contribution in [0.1, 0.15) is 210 Å². The fraction of sp³-hybridized carbons (Fsp3) is 0.385. The maximum atomic E-state index is 17.0. The van der Waals surface area contributed by atoms with Crippen LogP contribution in [0.5, 0.6) is 46.0 Å². The summed E-state index contributed by atoms with van der Waals surface area (Å²) in [7, 11) is -7.09. The van der Waals surface area contributed by atoms with Crippen molar-refractivity contribution >= 4 is 35.5 Å². The van der Waals surface area contributed by atoms with E-state index in [1.54, 1.807) is 0 Å². The highest BCUT2D eigenvalue weighted by Gasteiger charge is 2.43. The van der Waals surface area contributed by atoms with Crippen LogP contribution in [0.3, 0.4) is 0 Å². The number of unbranched alkanes of at least 4 members (excludes halogenated alkanes) is 8. The molecule has 468 valence electrons. The average molecular weight is 1250 g/mol. The van der Waals surface area contributed by atoms with Crippen molar-refractivity contribution in [2.24, 2.45) is 0 Å². The highest BCUT2D eigenvalue weighted by atomic mass is 31.2. The molecule has 0 saturated carbocycles. The van der Waals surface area contributed by atoms with Gasteiger partial charge in [-0.05, 0) is 49.9 Å². The van der Waals surface area contributed by atoms with Crippen LogP contribution in [0.4, 0.5) is 0 Å². The molecule has 12 heteroatoms. The monoisotopic (exact) mass is 1240 g/mol. The van der Waals surface area contributed by atoms with E-state index in [0.717, 1.165) is 191 Å². The maximum Gasteiger partial charge on any atom is 0.230 e. The van der Waals surface area contributed by atoms with Crippen LogP contribution in [-0.4, -0.2) is 27.2 Å². The average Bonchev–Trinajstić information content (AvgIpc) is 0.764. The Kier molecular flexibility index (Phi) is 18.9. The van der Waals surface area contributed by atoms with Gasteiger partial charge in [0.2, 0.25) is 27.2 Å². The van der Waals surface area contributed by atoms with E-state index in [1.807, 2.05) is 121 Å². The van der Waals surface area contributed by atoms with Gasteiger partial charge in [0.15, 0.2) is 0 Å². The lowest BCUT2D eigenvalue weighted by molar-refractivity contribution is 0.0967. The third kappa shape index (κ3) is 12.0. The molecule has 0 spiro atoms. The van der Waals surface area contributed by atoms with E-state index in [9.17, 15) is 0 Å². The number of rotatable bonds is 24. The first-order valence-corrected chi connectivity index (χ1v) is 37.2. The summed E-state index contributed by atoms with van der Waals surface area (Å²) >= 11 is 0. The second kappa shape index (κ2) is 27.6. The fourth-order valence-corrected chi connectivity index (χ4v) is 20.4. The standard InChI is InChI=1S/C78H86O10P2/c1-5-9-17-37-57-61-41-63-58(38-18-10-6-2)65-43-67-60(40-20-12-8-4)68-44-66-59(39-19-11-7-3)64-42-62(57)72-46-74(64)84-51-86-76(66)70(48-90(80,55-33-25-15-26-34-55)56-35-27-16-28-36-56)78(68)88-52-87-77(67)69(75(65)85-50-83-73(63)45-71(61)81-49-82-72)47-89(79,53-29-21-13-22-30-53)54-31-23-14-24-32-54/h13-16,21-36,41-46,57-60H,5-12,17-20,37-40,47-52H2,1-4H3. The van der Waals surface area contributed by atoms with Crippen LogP contribution in [0.2, 0.25) is 0 Å². The Bertz CT molecular complexity index is 3580. The second-order valence-corrected chi connectivity index (χ2v) is 30.9. The summed E-state index contributed by atoms with van der Waals surface area (Å²) in [5, 5.41) is 2.99. The lowest BCUT2D eigenvalue weighted by atomic mass is 9.75. The Labute approximate surface area is 532 Å². The van der Waals surface area contributed by atoms with Crippen LogP contribution in [-0.2, 0) is 21.5 Å². The van der Waals surface area contributed by atoms with Gasteiger partial charge < -0.3 is 47.0 Å². The molecule has 0 N–H and O–H groups in total. The van der Waals surface area contributed by atoms with Gasteiger partial charge in [-0.15, -0.1) is 0 Å². The smallest absolute Gasteiger partial charge is 0.230 e. The molecule has 2 unspecified atom stereocenters. The van der Waals surface area contributed by atoms with Gasteiger partial charge >= 0.3 is 0 Å². The zero-order valence-electron chi connectivity index (χ0n) is 52.9. The fourth-order valence-electron chi connectivity index (χ4n) is 15.0. The molecule has 2 atom stereocenters. The van der Waals surface area contributed by atoms with Crippen molar-refractivity contribution in [3.05, 3.63) is 213 Å². The normalized spacial score (nSPS) is 17.6. The molecule has 4 heterocycles. The summed E-state index contributed by atoms with van der Waals surface area (Å²) in [6.45, 7) is 8.58. The Morgan fingerprint density at radius 2 is 0.533 bits per heavy atom. The van der Waals surface area contributed by atoms with Crippen molar-refractivity contribution in [2.45, 2.75) is 166 Å². The molecule has 8 aromatic rings. The summed E-state index contributed by atoms with van der Waals surface area (Å²) in [6.07, 6.45) is 15.4. The van der Waals surface area contributed by atoms with Crippen LogP contribution in [0.15, 0.2) is 158 Å². The molecule has 0 saturated heterocycles. The lowest BCUT2D eigenvalue weighted by Gasteiger charge is -2.37. The number of ether oxygens (including phenoxy) is 8. The molecule has 5 aliphatic rings. The topological polar surface area (TPSA) is 108 Å². The summed E-state index contributed by atoms with van der Waals surface area (Å²) in [4.78, 5) is 0. The number of hydrogen-bond acceptors (Lipinski definition) is 10. The first-order chi connectivity index (χ1) is 44.2. The molecule has 0 fully saturated rings. The summed E-state index contributed by atoms with van der Waals surface area (Å²) < 4.78 is 90.8. The van der Waals surface area contributed by atoms with E-state index in [4.69, 9.17) is 37.9 Å². The Morgan fingerprint density at radius 3 is 0.811 bits per heavy atom. The van der Waals surface area contributed by atoms with E-state index < -0.39 is 14.3 Å². The first-order valence-electron chi connectivity index (χ1n) is 33.4. The second-order valence-electron chi connectivity index (χ2n) is 25.2. The van der Waals surface area contributed by atoms with Gasteiger partial charge in [0.1, 0.15) is 60.3 Å². The third-order valence-corrected chi connectivity index (χ3v) is 25.6. The van der Waals surface area contributed by atoms with E-state index in [0.29, 0.717) is 34.5 Å². The van der Waals surface area contributed by atoms with Crippen LogP contribution in [0, 0.1) is 0 Å². The number of benzene rings is 8. The summed E-state index contributed by atoms with van der Waals surface area (Å²) in [5.74, 6) is 4.42. The highest BCUT2D eigenvalue weighted by molar-refractivity contribution is 7.78. The van der Waals surface area contributed by atoms with Crippen molar-refractivity contribution in [1.82, 2.24) is 0 Å².